The Morgan fingerprint density at radius 3 is 1.81 bits per heavy atom. The summed E-state index contributed by atoms with van der Waals surface area (Å²) in [6.45, 7) is 0. The van der Waals surface area contributed by atoms with Gasteiger partial charge in [0.05, 0.1) is 0 Å². The van der Waals surface area contributed by atoms with Gasteiger partial charge in [-0.05, 0) is 21.6 Å². The summed E-state index contributed by atoms with van der Waals surface area (Å²) in [5.74, 6) is 0. The zero-order chi connectivity index (χ0) is 14.1. The van der Waals surface area contributed by atoms with Crippen LogP contribution in [0.2, 0.25) is 0 Å². The second-order valence-electron chi connectivity index (χ2n) is 5.15. The molecular formula is C20H15P. The standard InChI is InChI=1S/C20H15P/c1-3-9-15(10-4-1)19-17-13-7-8-14-18(17)21-20(19)16-11-5-2-6-12-16/h1-14,21H. The molecule has 1 heterocycles. The minimum Gasteiger partial charge on any atom is -0.123 e. The van der Waals surface area contributed by atoms with Crippen LogP contribution in [0, 0.1) is 0 Å². The van der Waals surface area contributed by atoms with E-state index in [1.807, 2.05) is 0 Å². The Morgan fingerprint density at radius 2 is 1.10 bits per heavy atom. The summed E-state index contributed by atoms with van der Waals surface area (Å²) in [6.07, 6.45) is 0. The first-order chi connectivity index (χ1) is 10.4. The second-order valence-corrected chi connectivity index (χ2v) is 6.44. The maximum atomic E-state index is 2.26. The molecule has 0 fully saturated rings. The van der Waals surface area contributed by atoms with Crippen molar-refractivity contribution >= 4 is 18.7 Å². The third-order valence-corrected chi connectivity index (χ3v) is 5.33. The molecule has 0 N–H and O–H groups in total. The molecule has 1 heteroatoms. The SMILES string of the molecule is c1ccc(-c2[pH]c3ccccc3c2-c2ccccc2)cc1. The fourth-order valence-corrected chi connectivity index (χ4v) is 4.37. The zero-order valence-electron chi connectivity index (χ0n) is 11.6. The highest BCUT2D eigenvalue weighted by Crippen LogP contribution is 2.47. The molecule has 0 radical (unpaired) electrons. The van der Waals surface area contributed by atoms with Gasteiger partial charge in [-0.1, -0.05) is 84.9 Å². The van der Waals surface area contributed by atoms with Crippen LogP contribution in [0.5, 0.6) is 0 Å². The predicted octanol–water partition coefficient (Wildman–Crippen LogP) is 6.21. The first-order valence-corrected chi connectivity index (χ1v) is 8.15. The van der Waals surface area contributed by atoms with Gasteiger partial charge in [0.1, 0.15) is 0 Å². The lowest BCUT2D eigenvalue weighted by Gasteiger charge is -2.06. The van der Waals surface area contributed by atoms with Crippen molar-refractivity contribution in [3.63, 3.8) is 0 Å². The summed E-state index contributed by atoms with van der Waals surface area (Å²) < 4.78 is 0. The number of benzene rings is 3. The fourth-order valence-electron chi connectivity index (χ4n) is 2.87. The minimum atomic E-state index is 0.734. The van der Waals surface area contributed by atoms with Crippen LogP contribution < -0.4 is 0 Å². The molecule has 4 aromatic rings. The molecule has 1 aromatic heterocycles. The van der Waals surface area contributed by atoms with Crippen molar-refractivity contribution in [1.82, 2.24) is 0 Å². The van der Waals surface area contributed by atoms with Crippen LogP contribution in [-0.2, 0) is 0 Å². The summed E-state index contributed by atoms with van der Waals surface area (Å²) in [6, 6.07) is 30.3. The number of hydrogen-bond donors (Lipinski definition) is 0. The van der Waals surface area contributed by atoms with Gasteiger partial charge in [0.25, 0.3) is 0 Å². The van der Waals surface area contributed by atoms with E-state index in [-0.39, 0.29) is 0 Å². The van der Waals surface area contributed by atoms with Gasteiger partial charge in [-0.25, -0.2) is 0 Å². The number of hydrogen-bond acceptors (Lipinski definition) is 0. The van der Waals surface area contributed by atoms with Gasteiger partial charge in [0.2, 0.25) is 0 Å². The van der Waals surface area contributed by atoms with E-state index in [9.17, 15) is 0 Å². The van der Waals surface area contributed by atoms with E-state index in [1.165, 1.54) is 32.5 Å². The van der Waals surface area contributed by atoms with Gasteiger partial charge in [-0.2, -0.15) is 0 Å². The van der Waals surface area contributed by atoms with E-state index < -0.39 is 0 Å². The molecule has 0 nitrogen and oxygen atoms in total. The first kappa shape index (κ1) is 12.4. The van der Waals surface area contributed by atoms with Crippen LogP contribution in [-0.4, -0.2) is 0 Å². The van der Waals surface area contributed by atoms with Crippen molar-refractivity contribution in [3.05, 3.63) is 84.9 Å². The summed E-state index contributed by atoms with van der Waals surface area (Å²) in [7, 11) is 0.734. The maximum Gasteiger partial charge on any atom is 0.00723 e. The molecule has 0 aliphatic rings. The van der Waals surface area contributed by atoms with E-state index in [1.54, 1.807) is 0 Å². The van der Waals surface area contributed by atoms with E-state index in [0.29, 0.717) is 0 Å². The first-order valence-electron chi connectivity index (χ1n) is 7.15. The van der Waals surface area contributed by atoms with E-state index >= 15 is 0 Å². The maximum absolute atomic E-state index is 2.26. The molecule has 0 saturated heterocycles. The highest BCUT2D eigenvalue weighted by atomic mass is 31.0. The average molecular weight is 286 g/mol. The molecule has 0 bridgehead atoms. The molecule has 0 aliphatic heterocycles. The molecule has 21 heavy (non-hydrogen) atoms. The Morgan fingerprint density at radius 1 is 0.524 bits per heavy atom. The molecule has 1 unspecified atom stereocenters. The van der Waals surface area contributed by atoms with Crippen molar-refractivity contribution in [2.75, 3.05) is 0 Å². The quantitative estimate of drug-likeness (QED) is 0.411. The molecule has 0 spiro atoms. The van der Waals surface area contributed by atoms with Gasteiger partial charge in [0.15, 0.2) is 0 Å². The van der Waals surface area contributed by atoms with Gasteiger partial charge < -0.3 is 0 Å². The van der Waals surface area contributed by atoms with Crippen molar-refractivity contribution in [3.8, 4) is 22.0 Å². The van der Waals surface area contributed by atoms with Crippen LogP contribution >= 0.6 is 8.19 Å². The minimum absolute atomic E-state index is 0.734. The molecule has 1 atom stereocenters. The highest BCUT2D eigenvalue weighted by Gasteiger charge is 2.13. The number of rotatable bonds is 2. The van der Waals surface area contributed by atoms with Gasteiger partial charge in [-0.3, -0.25) is 0 Å². The van der Waals surface area contributed by atoms with Crippen molar-refractivity contribution in [2.45, 2.75) is 0 Å². The Labute approximate surface area is 126 Å². The van der Waals surface area contributed by atoms with E-state index in [2.05, 4.69) is 84.9 Å². The largest absolute Gasteiger partial charge is 0.123 e. The van der Waals surface area contributed by atoms with Crippen LogP contribution in [0.25, 0.3) is 32.5 Å². The van der Waals surface area contributed by atoms with Gasteiger partial charge in [-0.15, -0.1) is 8.19 Å². The van der Waals surface area contributed by atoms with Crippen LogP contribution in [0.3, 0.4) is 0 Å². The summed E-state index contributed by atoms with van der Waals surface area (Å²) in [5, 5.41) is 4.30. The molecular weight excluding hydrogens is 271 g/mol. The smallest absolute Gasteiger partial charge is 0.00723 e. The summed E-state index contributed by atoms with van der Waals surface area (Å²) in [4.78, 5) is 0. The molecule has 0 saturated carbocycles. The fraction of sp³-hybridized carbons (Fsp3) is 0. The lowest BCUT2D eigenvalue weighted by atomic mass is 9.99. The van der Waals surface area contributed by atoms with Crippen LogP contribution in [0.4, 0.5) is 0 Å². The third kappa shape index (κ3) is 2.18. The topological polar surface area (TPSA) is 0 Å². The zero-order valence-corrected chi connectivity index (χ0v) is 12.6. The van der Waals surface area contributed by atoms with Crippen LogP contribution in [0.15, 0.2) is 84.9 Å². The Balaban J connectivity index is 2.07. The van der Waals surface area contributed by atoms with E-state index in [4.69, 9.17) is 0 Å². The molecule has 100 valence electrons. The second kappa shape index (κ2) is 5.24. The monoisotopic (exact) mass is 286 g/mol. The normalized spacial score (nSPS) is 11.2. The lowest BCUT2D eigenvalue weighted by Crippen LogP contribution is -1.79. The van der Waals surface area contributed by atoms with Gasteiger partial charge >= 0.3 is 0 Å². The highest BCUT2D eigenvalue weighted by molar-refractivity contribution is 7.41. The Bertz CT molecular complexity index is 874. The molecule has 4 rings (SSSR count). The lowest BCUT2D eigenvalue weighted by molar-refractivity contribution is 1.66. The van der Waals surface area contributed by atoms with Crippen LogP contribution in [0.1, 0.15) is 0 Å². The van der Waals surface area contributed by atoms with E-state index in [0.717, 1.165) is 8.19 Å². The number of fused-ring (bicyclic) bond motifs is 1. The van der Waals surface area contributed by atoms with Crippen molar-refractivity contribution in [2.24, 2.45) is 0 Å². The summed E-state index contributed by atoms with van der Waals surface area (Å²) in [5.41, 5.74) is 4.05. The Kier molecular flexibility index (Phi) is 3.10. The van der Waals surface area contributed by atoms with Gasteiger partial charge in [0, 0.05) is 10.9 Å². The average Bonchev–Trinajstić information content (AvgIpc) is 2.96. The predicted molar refractivity (Wildman–Crippen MR) is 94.3 cm³/mol. The molecule has 3 aromatic carbocycles. The van der Waals surface area contributed by atoms with Crippen molar-refractivity contribution in [1.29, 1.82) is 0 Å². The summed E-state index contributed by atoms with van der Waals surface area (Å²) >= 11 is 0. The molecule has 0 amide bonds. The van der Waals surface area contributed by atoms with Crippen molar-refractivity contribution < 1.29 is 0 Å². The molecule has 0 aliphatic carbocycles. The Hall–Kier alpha value is -2.30. The third-order valence-electron chi connectivity index (χ3n) is 3.83.